The number of aliphatic carboxylic acids is 1. The van der Waals surface area contributed by atoms with Crippen LogP contribution in [-0.2, 0) is 9.59 Å². The van der Waals surface area contributed by atoms with Crippen LogP contribution in [0.4, 0.5) is 4.39 Å². The van der Waals surface area contributed by atoms with E-state index < -0.39 is 17.7 Å². The molecule has 21 heavy (non-hydrogen) atoms. The summed E-state index contributed by atoms with van der Waals surface area (Å²) in [5, 5.41) is 9.04. The molecule has 1 saturated heterocycles. The van der Waals surface area contributed by atoms with Gasteiger partial charge in [-0.25, -0.2) is 4.39 Å². The summed E-state index contributed by atoms with van der Waals surface area (Å²) in [6.07, 6.45) is 0.148. The topological polar surface area (TPSA) is 66.8 Å². The Balaban J connectivity index is 1.79. The molecule has 5 nitrogen and oxygen atoms in total. The van der Waals surface area contributed by atoms with E-state index in [9.17, 15) is 14.0 Å². The Labute approximate surface area is 122 Å². The van der Waals surface area contributed by atoms with Crippen molar-refractivity contribution in [2.45, 2.75) is 13.3 Å². The van der Waals surface area contributed by atoms with Crippen LogP contribution in [0.1, 0.15) is 13.3 Å². The standard InChI is InChI=1S/C15H18FNO4/c1-10-8-17(9-13(10)15(19)20)14(18)5-6-21-12-4-2-3-11(16)7-12/h2-4,7,10,13H,5-6,8-9H2,1H3,(H,19,20). The molecule has 6 heteroatoms. The number of carbonyl (C=O) groups is 2. The Hall–Kier alpha value is -2.11. The van der Waals surface area contributed by atoms with Gasteiger partial charge in [0, 0.05) is 19.2 Å². The average Bonchev–Trinajstić information content (AvgIpc) is 2.81. The van der Waals surface area contributed by atoms with E-state index in [0.717, 1.165) is 0 Å². The van der Waals surface area contributed by atoms with Gasteiger partial charge < -0.3 is 14.7 Å². The van der Waals surface area contributed by atoms with Gasteiger partial charge >= 0.3 is 5.97 Å². The van der Waals surface area contributed by atoms with Gasteiger partial charge in [-0.05, 0) is 18.1 Å². The Kier molecular flexibility index (Phi) is 4.77. The number of rotatable bonds is 5. The maximum absolute atomic E-state index is 12.9. The van der Waals surface area contributed by atoms with Crippen molar-refractivity contribution in [1.82, 2.24) is 4.90 Å². The van der Waals surface area contributed by atoms with Crippen LogP contribution in [0.3, 0.4) is 0 Å². The molecular formula is C15H18FNO4. The van der Waals surface area contributed by atoms with Crippen molar-refractivity contribution in [2.75, 3.05) is 19.7 Å². The molecule has 1 aromatic rings. The van der Waals surface area contributed by atoms with Crippen LogP contribution in [0.25, 0.3) is 0 Å². The third-order valence-electron chi connectivity index (χ3n) is 3.66. The summed E-state index contributed by atoms with van der Waals surface area (Å²) in [5.74, 6) is -1.57. The van der Waals surface area contributed by atoms with Gasteiger partial charge in [-0.1, -0.05) is 13.0 Å². The van der Waals surface area contributed by atoms with Crippen molar-refractivity contribution in [3.8, 4) is 5.75 Å². The summed E-state index contributed by atoms with van der Waals surface area (Å²) in [4.78, 5) is 24.6. The smallest absolute Gasteiger partial charge is 0.308 e. The van der Waals surface area contributed by atoms with E-state index in [0.29, 0.717) is 12.3 Å². The van der Waals surface area contributed by atoms with Crippen LogP contribution in [0.15, 0.2) is 24.3 Å². The lowest BCUT2D eigenvalue weighted by atomic mass is 9.99. The Morgan fingerprint density at radius 3 is 2.81 bits per heavy atom. The van der Waals surface area contributed by atoms with Gasteiger partial charge in [0.25, 0.3) is 0 Å². The Bertz CT molecular complexity index is 534. The summed E-state index contributed by atoms with van der Waals surface area (Å²) in [6, 6.07) is 5.72. The van der Waals surface area contributed by atoms with Crippen molar-refractivity contribution >= 4 is 11.9 Å². The lowest BCUT2D eigenvalue weighted by Gasteiger charge is -2.16. The van der Waals surface area contributed by atoms with E-state index in [1.54, 1.807) is 11.0 Å². The van der Waals surface area contributed by atoms with E-state index >= 15 is 0 Å². The zero-order chi connectivity index (χ0) is 15.4. The number of nitrogens with zero attached hydrogens (tertiary/aromatic N) is 1. The number of hydrogen-bond donors (Lipinski definition) is 1. The first kappa shape index (κ1) is 15.3. The minimum atomic E-state index is -0.867. The van der Waals surface area contributed by atoms with Crippen molar-refractivity contribution in [3.05, 3.63) is 30.1 Å². The highest BCUT2D eigenvalue weighted by atomic mass is 19.1. The summed E-state index contributed by atoms with van der Waals surface area (Å²) in [5.41, 5.74) is 0. The fourth-order valence-corrected chi connectivity index (χ4v) is 2.46. The summed E-state index contributed by atoms with van der Waals surface area (Å²) in [7, 11) is 0. The minimum Gasteiger partial charge on any atom is -0.493 e. The highest BCUT2D eigenvalue weighted by molar-refractivity contribution is 5.79. The normalized spacial score (nSPS) is 21.3. The number of carboxylic acids is 1. The number of hydrogen-bond acceptors (Lipinski definition) is 3. The number of carboxylic acid groups (broad SMARTS) is 1. The molecular weight excluding hydrogens is 277 g/mol. The quantitative estimate of drug-likeness (QED) is 0.899. The summed E-state index contributed by atoms with van der Waals surface area (Å²) < 4.78 is 18.3. The summed E-state index contributed by atoms with van der Waals surface area (Å²) in [6.45, 7) is 2.67. The van der Waals surface area contributed by atoms with Crippen LogP contribution in [0, 0.1) is 17.7 Å². The second-order valence-corrected chi connectivity index (χ2v) is 5.28. The van der Waals surface area contributed by atoms with Crippen LogP contribution >= 0.6 is 0 Å². The molecule has 2 atom stereocenters. The fraction of sp³-hybridized carbons (Fsp3) is 0.467. The second kappa shape index (κ2) is 6.56. The van der Waals surface area contributed by atoms with Crippen molar-refractivity contribution in [2.24, 2.45) is 11.8 Å². The van der Waals surface area contributed by atoms with E-state index in [4.69, 9.17) is 9.84 Å². The zero-order valence-corrected chi connectivity index (χ0v) is 11.8. The van der Waals surface area contributed by atoms with Crippen molar-refractivity contribution < 1.29 is 23.8 Å². The first-order valence-electron chi connectivity index (χ1n) is 6.86. The van der Waals surface area contributed by atoms with E-state index in [1.807, 2.05) is 6.92 Å². The molecule has 1 N–H and O–H groups in total. The van der Waals surface area contributed by atoms with Crippen LogP contribution in [-0.4, -0.2) is 41.6 Å². The van der Waals surface area contributed by atoms with Gasteiger partial charge in [0.2, 0.25) is 5.91 Å². The van der Waals surface area contributed by atoms with Gasteiger partial charge in [-0.2, -0.15) is 0 Å². The molecule has 0 radical (unpaired) electrons. The fourth-order valence-electron chi connectivity index (χ4n) is 2.46. The predicted octanol–water partition coefficient (Wildman–Crippen LogP) is 1.77. The molecule has 1 amide bonds. The molecule has 1 aliphatic rings. The highest BCUT2D eigenvalue weighted by Crippen LogP contribution is 2.23. The lowest BCUT2D eigenvalue weighted by Crippen LogP contribution is -2.30. The number of amides is 1. The molecule has 114 valence electrons. The first-order chi connectivity index (χ1) is 9.97. The highest BCUT2D eigenvalue weighted by Gasteiger charge is 2.36. The molecule has 0 bridgehead atoms. The maximum atomic E-state index is 12.9. The van der Waals surface area contributed by atoms with E-state index in [-0.39, 0.29) is 31.4 Å². The molecule has 2 unspecified atom stereocenters. The van der Waals surface area contributed by atoms with Gasteiger partial charge in [0.15, 0.2) is 0 Å². The third kappa shape index (κ3) is 3.93. The third-order valence-corrected chi connectivity index (χ3v) is 3.66. The monoisotopic (exact) mass is 295 g/mol. The second-order valence-electron chi connectivity index (χ2n) is 5.28. The zero-order valence-electron chi connectivity index (χ0n) is 11.8. The van der Waals surface area contributed by atoms with E-state index in [2.05, 4.69) is 0 Å². The summed E-state index contributed by atoms with van der Waals surface area (Å²) >= 11 is 0. The largest absolute Gasteiger partial charge is 0.493 e. The molecule has 1 aliphatic heterocycles. The Morgan fingerprint density at radius 1 is 1.43 bits per heavy atom. The molecule has 0 aromatic heterocycles. The SMILES string of the molecule is CC1CN(C(=O)CCOc2cccc(F)c2)CC1C(=O)O. The molecule has 1 aromatic carbocycles. The van der Waals surface area contributed by atoms with Crippen molar-refractivity contribution in [1.29, 1.82) is 0 Å². The van der Waals surface area contributed by atoms with Gasteiger partial charge in [0.1, 0.15) is 11.6 Å². The number of likely N-dealkylation sites (tertiary alicyclic amines) is 1. The van der Waals surface area contributed by atoms with Crippen molar-refractivity contribution in [3.63, 3.8) is 0 Å². The van der Waals surface area contributed by atoms with E-state index in [1.165, 1.54) is 18.2 Å². The lowest BCUT2D eigenvalue weighted by molar-refractivity contribution is -0.142. The van der Waals surface area contributed by atoms with Crippen LogP contribution in [0.2, 0.25) is 0 Å². The molecule has 2 rings (SSSR count). The number of halogens is 1. The molecule has 0 spiro atoms. The number of ether oxygens (including phenoxy) is 1. The maximum Gasteiger partial charge on any atom is 0.308 e. The minimum absolute atomic E-state index is 0.0458. The number of benzene rings is 1. The first-order valence-corrected chi connectivity index (χ1v) is 6.86. The van der Waals surface area contributed by atoms with Crippen LogP contribution < -0.4 is 4.74 Å². The molecule has 1 heterocycles. The van der Waals surface area contributed by atoms with Gasteiger partial charge in [-0.3, -0.25) is 9.59 Å². The van der Waals surface area contributed by atoms with Gasteiger partial charge in [-0.15, -0.1) is 0 Å². The molecule has 0 saturated carbocycles. The molecule has 1 fully saturated rings. The van der Waals surface area contributed by atoms with Crippen LogP contribution in [0.5, 0.6) is 5.75 Å². The average molecular weight is 295 g/mol. The molecule has 0 aliphatic carbocycles. The number of carbonyl (C=O) groups excluding carboxylic acids is 1. The van der Waals surface area contributed by atoms with Gasteiger partial charge in [0.05, 0.1) is 18.9 Å². The predicted molar refractivity (Wildman–Crippen MR) is 73.4 cm³/mol. The Morgan fingerprint density at radius 2 is 2.19 bits per heavy atom.